The highest BCUT2D eigenvalue weighted by Gasteiger charge is 2.33. The normalized spacial score (nSPS) is 16.8. The average Bonchev–Trinajstić information content (AvgIpc) is 2.47. The van der Waals surface area contributed by atoms with Crippen LogP contribution in [-0.2, 0) is 11.0 Å². The molecule has 1 aliphatic rings. The van der Waals surface area contributed by atoms with Crippen molar-refractivity contribution in [2.24, 2.45) is 5.73 Å². The van der Waals surface area contributed by atoms with Gasteiger partial charge in [0.25, 0.3) is 5.69 Å². The van der Waals surface area contributed by atoms with E-state index in [0.29, 0.717) is 32.0 Å². The first kappa shape index (κ1) is 18.0. The first-order valence-corrected chi connectivity index (χ1v) is 7.29. The Morgan fingerprint density at radius 1 is 1.38 bits per heavy atom. The number of piperidine rings is 1. The zero-order valence-electron chi connectivity index (χ0n) is 12.7. The minimum Gasteiger partial charge on any atom is -0.377 e. The number of benzene rings is 1. The molecular formula is C14H17F3N4O3. The number of hydrogen-bond donors (Lipinski definition) is 2. The first-order valence-electron chi connectivity index (χ1n) is 7.29. The van der Waals surface area contributed by atoms with Crippen molar-refractivity contribution in [1.29, 1.82) is 0 Å². The van der Waals surface area contributed by atoms with Gasteiger partial charge < -0.3 is 11.1 Å². The lowest BCUT2D eigenvalue weighted by Crippen LogP contribution is -2.43. The van der Waals surface area contributed by atoms with E-state index in [1.807, 2.05) is 4.90 Å². The summed E-state index contributed by atoms with van der Waals surface area (Å²) in [5, 5.41) is 14.0. The van der Waals surface area contributed by atoms with E-state index in [1.165, 1.54) is 0 Å². The lowest BCUT2D eigenvalue weighted by atomic mass is 10.0. The summed E-state index contributed by atoms with van der Waals surface area (Å²) in [5.41, 5.74) is 3.51. The lowest BCUT2D eigenvalue weighted by Gasteiger charge is -2.31. The standard InChI is InChI=1S/C14H17F3N4O3/c15-14(16,17)9-1-2-11(12(7-9)21(23)24)19-10-3-5-20(6-4-10)8-13(18)22/h1-2,7,10,19H,3-6,8H2,(H2,18,22). The first-order chi connectivity index (χ1) is 11.2. The third kappa shape index (κ3) is 4.57. The fourth-order valence-electron chi connectivity index (χ4n) is 2.66. The van der Waals surface area contributed by atoms with Crippen molar-refractivity contribution in [3.05, 3.63) is 33.9 Å². The lowest BCUT2D eigenvalue weighted by molar-refractivity contribution is -0.384. The van der Waals surface area contributed by atoms with Crippen LogP contribution < -0.4 is 11.1 Å². The van der Waals surface area contributed by atoms with Crippen LogP contribution in [0.5, 0.6) is 0 Å². The van der Waals surface area contributed by atoms with E-state index in [0.717, 1.165) is 12.1 Å². The van der Waals surface area contributed by atoms with Gasteiger partial charge in [0.1, 0.15) is 5.69 Å². The molecule has 1 aliphatic heterocycles. The van der Waals surface area contributed by atoms with Crippen LogP contribution in [0.3, 0.4) is 0 Å². The number of anilines is 1. The molecule has 0 unspecified atom stereocenters. The number of amides is 1. The molecule has 1 fully saturated rings. The van der Waals surface area contributed by atoms with Crippen molar-refractivity contribution < 1.29 is 22.9 Å². The minimum absolute atomic E-state index is 0.0568. The summed E-state index contributed by atoms with van der Waals surface area (Å²) < 4.78 is 38.0. The van der Waals surface area contributed by atoms with Gasteiger partial charge in [-0.3, -0.25) is 19.8 Å². The van der Waals surface area contributed by atoms with Crippen molar-refractivity contribution in [3.8, 4) is 0 Å². The third-order valence-corrected chi connectivity index (χ3v) is 3.85. The topological polar surface area (TPSA) is 102 Å². The van der Waals surface area contributed by atoms with Gasteiger partial charge in [0, 0.05) is 25.2 Å². The van der Waals surface area contributed by atoms with Gasteiger partial charge in [-0.15, -0.1) is 0 Å². The van der Waals surface area contributed by atoms with Gasteiger partial charge in [0.05, 0.1) is 17.0 Å². The Labute approximate surface area is 135 Å². The molecule has 0 aromatic heterocycles. The van der Waals surface area contributed by atoms with E-state index in [4.69, 9.17) is 5.73 Å². The smallest absolute Gasteiger partial charge is 0.377 e. The fourth-order valence-corrected chi connectivity index (χ4v) is 2.66. The number of rotatable bonds is 5. The summed E-state index contributed by atoms with van der Waals surface area (Å²) in [5.74, 6) is -0.431. The quantitative estimate of drug-likeness (QED) is 0.627. The Balaban J connectivity index is 2.07. The molecule has 1 aromatic carbocycles. The van der Waals surface area contributed by atoms with Gasteiger partial charge >= 0.3 is 6.18 Å². The highest BCUT2D eigenvalue weighted by atomic mass is 19.4. The molecule has 24 heavy (non-hydrogen) atoms. The van der Waals surface area contributed by atoms with Crippen molar-refractivity contribution in [1.82, 2.24) is 4.90 Å². The van der Waals surface area contributed by atoms with E-state index in [1.54, 1.807) is 0 Å². The number of likely N-dealkylation sites (tertiary alicyclic amines) is 1. The van der Waals surface area contributed by atoms with E-state index >= 15 is 0 Å². The second-order valence-corrected chi connectivity index (χ2v) is 5.65. The van der Waals surface area contributed by atoms with Crippen molar-refractivity contribution in [2.45, 2.75) is 25.1 Å². The molecule has 1 saturated heterocycles. The number of nitrogens with zero attached hydrogens (tertiary/aromatic N) is 2. The Kier molecular flexibility index (Phi) is 5.27. The predicted molar refractivity (Wildman–Crippen MR) is 80.4 cm³/mol. The number of primary amides is 1. The van der Waals surface area contributed by atoms with Gasteiger partial charge in [-0.1, -0.05) is 0 Å². The van der Waals surface area contributed by atoms with Crippen molar-refractivity contribution >= 4 is 17.3 Å². The molecule has 0 spiro atoms. The van der Waals surface area contributed by atoms with E-state index in [2.05, 4.69) is 5.32 Å². The van der Waals surface area contributed by atoms with Gasteiger partial charge in [-0.25, -0.2) is 0 Å². The van der Waals surface area contributed by atoms with Crippen molar-refractivity contribution in [2.75, 3.05) is 25.0 Å². The Morgan fingerprint density at radius 3 is 2.50 bits per heavy atom. The van der Waals surface area contributed by atoms with Gasteiger partial charge in [0.2, 0.25) is 5.91 Å². The summed E-state index contributed by atoms with van der Waals surface area (Å²) in [4.78, 5) is 23.0. The monoisotopic (exact) mass is 346 g/mol. The molecule has 10 heteroatoms. The third-order valence-electron chi connectivity index (χ3n) is 3.85. The number of nitro benzene ring substituents is 1. The van der Waals surface area contributed by atoms with Crippen LogP contribution >= 0.6 is 0 Å². The molecule has 3 N–H and O–H groups in total. The van der Waals surface area contributed by atoms with Crippen LogP contribution in [0, 0.1) is 10.1 Å². The number of halogens is 3. The zero-order valence-corrected chi connectivity index (χ0v) is 12.7. The molecule has 1 heterocycles. The molecule has 0 bridgehead atoms. The van der Waals surface area contributed by atoms with E-state index < -0.39 is 28.3 Å². The summed E-state index contributed by atoms with van der Waals surface area (Å²) in [6, 6.07) is 2.31. The summed E-state index contributed by atoms with van der Waals surface area (Å²) in [6.07, 6.45) is -3.43. The van der Waals surface area contributed by atoms with Crippen molar-refractivity contribution in [3.63, 3.8) is 0 Å². The molecule has 0 atom stereocenters. The van der Waals surface area contributed by atoms with Gasteiger partial charge in [-0.2, -0.15) is 13.2 Å². The highest BCUT2D eigenvalue weighted by molar-refractivity contribution is 5.75. The maximum atomic E-state index is 12.7. The van der Waals surface area contributed by atoms with Crippen LogP contribution in [0.2, 0.25) is 0 Å². The predicted octanol–water partition coefficient (Wildman–Crippen LogP) is 1.98. The maximum Gasteiger partial charge on any atom is 0.416 e. The molecule has 1 amide bonds. The summed E-state index contributed by atoms with van der Waals surface area (Å²) in [7, 11) is 0. The minimum atomic E-state index is -4.64. The number of carbonyl (C=O) groups is 1. The molecule has 132 valence electrons. The fraction of sp³-hybridized carbons (Fsp3) is 0.500. The summed E-state index contributed by atoms with van der Waals surface area (Å²) >= 11 is 0. The Bertz CT molecular complexity index is 628. The molecule has 2 rings (SSSR count). The molecule has 0 saturated carbocycles. The Morgan fingerprint density at radius 2 is 2.00 bits per heavy atom. The number of nitrogens with two attached hydrogens (primary N) is 1. The molecule has 1 aromatic rings. The molecular weight excluding hydrogens is 329 g/mol. The number of nitrogens with one attached hydrogen (secondary N) is 1. The van der Waals surface area contributed by atoms with Crippen LogP contribution in [0.4, 0.5) is 24.5 Å². The van der Waals surface area contributed by atoms with Crippen LogP contribution in [0.25, 0.3) is 0 Å². The van der Waals surface area contributed by atoms with Crippen LogP contribution in [0.15, 0.2) is 18.2 Å². The van der Waals surface area contributed by atoms with Gasteiger partial charge in [0.15, 0.2) is 0 Å². The van der Waals surface area contributed by atoms with Crippen LogP contribution in [-0.4, -0.2) is 41.4 Å². The number of nitro groups is 1. The largest absolute Gasteiger partial charge is 0.416 e. The number of carbonyl (C=O) groups excluding carboxylic acids is 1. The zero-order chi connectivity index (χ0) is 17.9. The SMILES string of the molecule is NC(=O)CN1CCC(Nc2ccc(C(F)(F)F)cc2[N+](=O)[O-])CC1. The van der Waals surface area contributed by atoms with Crippen LogP contribution in [0.1, 0.15) is 18.4 Å². The summed E-state index contributed by atoms with van der Waals surface area (Å²) in [6.45, 7) is 1.30. The Hall–Kier alpha value is -2.36. The molecule has 0 aliphatic carbocycles. The second kappa shape index (κ2) is 7.04. The number of alkyl halides is 3. The molecule has 0 radical (unpaired) electrons. The number of hydrogen-bond acceptors (Lipinski definition) is 5. The van der Waals surface area contributed by atoms with Gasteiger partial charge in [-0.05, 0) is 25.0 Å². The molecule has 7 nitrogen and oxygen atoms in total. The highest BCUT2D eigenvalue weighted by Crippen LogP contribution is 2.35. The second-order valence-electron chi connectivity index (χ2n) is 5.65. The maximum absolute atomic E-state index is 12.7. The van der Waals surface area contributed by atoms with E-state index in [-0.39, 0.29) is 18.3 Å². The average molecular weight is 346 g/mol. The van der Waals surface area contributed by atoms with E-state index in [9.17, 15) is 28.1 Å².